The zero-order valence-corrected chi connectivity index (χ0v) is 10.2. The van der Waals surface area contributed by atoms with Crippen molar-refractivity contribution >= 4 is 5.69 Å². The van der Waals surface area contributed by atoms with Gasteiger partial charge in [0.05, 0.1) is 6.54 Å². The molecule has 2 aromatic rings. The molecule has 0 saturated heterocycles. The molecule has 18 heavy (non-hydrogen) atoms. The standard InChI is InChI=1S/C12H14F2N4/c1-8(2)18-11(16-7-17-18)6-15-12-9(13)4-3-5-10(12)14/h3-5,7-8,15H,6H2,1-2H3. The van der Waals surface area contributed by atoms with E-state index in [0.29, 0.717) is 5.82 Å². The Kier molecular flexibility index (Phi) is 3.55. The molecule has 1 aromatic carbocycles. The summed E-state index contributed by atoms with van der Waals surface area (Å²) in [4.78, 5) is 4.06. The van der Waals surface area contributed by atoms with Crippen LogP contribution in [0.15, 0.2) is 24.5 Å². The first-order valence-corrected chi connectivity index (χ1v) is 5.66. The van der Waals surface area contributed by atoms with Crippen molar-refractivity contribution in [1.82, 2.24) is 14.8 Å². The molecule has 0 unspecified atom stereocenters. The molecule has 1 N–H and O–H groups in total. The summed E-state index contributed by atoms with van der Waals surface area (Å²) < 4.78 is 28.5. The molecule has 1 aromatic heterocycles. The summed E-state index contributed by atoms with van der Waals surface area (Å²) in [5, 5.41) is 6.76. The third kappa shape index (κ3) is 2.47. The number of anilines is 1. The average Bonchev–Trinajstić information content (AvgIpc) is 2.76. The molecular formula is C12H14F2N4. The fourth-order valence-corrected chi connectivity index (χ4v) is 1.67. The molecule has 0 bridgehead atoms. The molecule has 2 rings (SSSR count). The number of para-hydroxylation sites is 1. The summed E-state index contributed by atoms with van der Waals surface area (Å²) in [7, 11) is 0. The smallest absolute Gasteiger partial charge is 0.149 e. The fraction of sp³-hybridized carbons (Fsp3) is 0.333. The lowest BCUT2D eigenvalue weighted by Gasteiger charge is -2.11. The molecule has 4 nitrogen and oxygen atoms in total. The van der Waals surface area contributed by atoms with Crippen molar-refractivity contribution in [2.75, 3.05) is 5.32 Å². The van der Waals surface area contributed by atoms with E-state index in [4.69, 9.17) is 0 Å². The number of rotatable bonds is 4. The molecule has 96 valence electrons. The second kappa shape index (κ2) is 5.12. The highest BCUT2D eigenvalue weighted by Crippen LogP contribution is 2.18. The third-order valence-electron chi connectivity index (χ3n) is 2.52. The molecule has 0 radical (unpaired) electrons. The van der Waals surface area contributed by atoms with Gasteiger partial charge >= 0.3 is 0 Å². The Hall–Kier alpha value is -1.98. The number of halogens is 2. The minimum atomic E-state index is -0.620. The van der Waals surface area contributed by atoms with Crippen molar-refractivity contribution in [3.8, 4) is 0 Å². The van der Waals surface area contributed by atoms with Gasteiger partial charge in [-0.05, 0) is 26.0 Å². The number of aromatic nitrogens is 3. The monoisotopic (exact) mass is 252 g/mol. The van der Waals surface area contributed by atoms with Crippen LogP contribution in [0.1, 0.15) is 25.7 Å². The zero-order chi connectivity index (χ0) is 13.1. The Labute approximate surface area is 104 Å². The van der Waals surface area contributed by atoms with Crippen LogP contribution in [-0.2, 0) is 6.54 Å². The fourth-order valence-electron chi connectivity index (χ4n) is 1.67. The van der Waals surface area contributed by atoms with Crippen LogP contribution in [0, 0.1) is 11.6 Å². The number of hydrogen-bond acceptors (Lipinski definition) is 3. The SMILES string of the molecule is CC(C)n1ncnc1CNc1c(F)cccc1F. The van der Waals surface area contributed by atoms with Crippen LogP contribution in [0.25, 0.3) is 0 Å². The van der Waals surface area contributed by atoms with Gasteiger partial charge in [-0.25, -0.2) is 18.4 Å². The Morgan fingerprint density at radius 1 is 1.28 bits per heavy atom. The first-order chi connectivity index (χ1) is 8.59. The third-order valence-corrected chi connectivity index (χ3v) is 2.52. The molecule has 0 spiro atoms. The van der Waals surface area contributed by atoms with E-state index in [-0.39, 0.29) is 18.3 Å². The van der Waals surface area contributed by atoms with Crippen molar-refractivity contribution in [3.63, 3.8) is 0 Å². The van der Waals surface area contributed by atoms with E-state index in [0.717, 1.165) is 0 Å². The largest absolute Gasteiger partial charge is 0.373 e. The molecule has 1 heterocycles. The van der Waals surface area contributed by atoms with Crippen LogP contribution >= 0.6 is 0 Å². The highest BCUT2D eigenvalue weighted by molar-refractivity contribution is 5.45. The van der Waals surface area contributed by atoms with Gasteiger partial charge in [-0.15, -0.1) is 0 Å². The lowest BCUT2D eigenvalue weighted by molar-refractivity contribution is 0.508. The molecule has 6 heteroatoms. The van der Waals surface area contributed by atoms with E-state index in [9.17, 15) is 8.78 Å². The maximum absolute atomic E-state index is 13.4. The quantitative estimate of drug-likeness (QED) is 0.909. The molecule has 0 aliphatic rings. The first kappa shape index (κ1) is 12.5. The van der Waals surface area contributed by atoms with Crippen LogP contribution in [0.4, 0.5) is 14.5 Å². The molecule has 0 amide bonds. The summed E-state index contributed by atoms with van der Waals surface area (Å²) in [6, 6.07) is 3.89. The van der Waals surface area contributed by atoms with E-state index in [2.05, 4.69) is 15.4 Å². The van der Waals surface area contributed by atoms with E-state index in [1.165, 1.54) is 24.5 Å². The Morgan fingerprint density at radius 2 is 1.94 bits per heavy atom. The van der Waals surface area contributed by atoms with E-state index in [1.54, 1.807) is 4.68 Å². The summed E-state index contributed by atoms with van der Waals surface area (Å²) in [6.07, 6.45) is 1.43. The van der Waals surface area contributed by atoms with E-state index >= 15 is 0 Å². The first-order valence-electron chi connectivity index (χ1n) is 5.66. The van der Waals surface area contributed by atoms with Crippen LogP contribution in [0.3, 0.4) is 0 Å². The minimum absolute atomic E-state index is 0.143. The lowest BCUT2D eigenvalue weighted by atomic mass is 10.3. The van der Waals surface area contributed by atoms with Gasteiger partial charge in [-0.1, -0.05) is 6.07 Å². The van der Waals surface area contributed by atoms with Crippen molar-refractivity contribution in [2.45, 2.75) is 26.4 Å². The molecule has 0 aliphatic heterocycles. The summed E-state index contributed by atoms with van der Waals surface area (Å²) in [6.45, 7) is 4.14. The Bertz CT molecular complexity index is 516. The van der Waals surface area contributed by atoms with Crippen LogP contribution < -0.4 is 5.32 Å². The van der Waals surface area contributed by atoms with Crippen molar-refractivity contribution in [3.05, 3.63) is 42.0 Å². The number of benzene rings is 1. The van der Waals surface area contributed by atoms with Gasteiger partial charge in [0.15, 0.2) is 0 Å². The van der Waals surface area contributed by atoms with E-state index in [1.807, 2.05) is 13.8 Å². The second-order valence-electron chi connectivity index (χ2n) is 4.16. The van der Waals surface area contributed by atoms with Gasteiger partial charge in [0, 0.05) is 6.04 Å². The molecular weight excluding hydrogens is 238 g/mol. The van der Waals surface area contributed by atoms with Crippen LogP contribution in [-0.4, -0.2) is 14.8 Å². The van der Waals surface area contributed by atoms with Gasteiger partial charge in [0.1, 0.15) is 29.5 Å². The van der Waals surface area contributed by atoms with Crippen LogP contribution in [0.5, 0.6) is 0 Å². The van der Waals surface area contributed by atoms with Gasteiger partial charge in [0.2, 0.25) is 0 Å². The van der Waals surface area contributed by atoms with Crippen molar-refractivity contribution < 1.29 is 8.78 Å². The van der Waals surface area contributed by atoms with Crippen molar-refractivity contribution in [2.24, 2.45) is 0 Å². The second-order valence-corrected chi connectivity index (χ2v) is 4.16. The van der Waals surface area contributed by atoms with Crippen LogP contribution in [0.2, 0.25) is 0 Å². The lowest BCUT2D eigenvalue weighted by Crippen LogP contribution is -2.13. The van der Waals surface area contributed by atoms with Crippen molar-refractivity contribution in [1.29, 1.82) is 0 Å². The summed E-state index contributed by atoms with van der Waals surface area (Å²) in [5.74, 6) is -0.608. The maximum atomic E-state index is 13.4. The zero-order valence-electron chi connectivity index (χ0n) is 10.2. The predicted octanol–water partition coefficient (Wildman–Crippen LogP) is 2.75. The van der Waals surface area contributed by atoms with Gasteiger partial charge in [-0.3, -0.25) is 0 Å². The summed E-state index contributed by atoms with van der Waals surface area (Å²) in [5.41, 5.74) is -0.143. The predicted molar refractivity (Wildman–Crippen MR) is 64.1 cm³/mol. The highest BCUT2D eigenvalue weighted by atomic mass is 19.1. The Balaban J connectivity index is 2.14. The Morgan fingerprint density at radius 3 is 2.56 bits per heavy atom. The number of nitrogens with one attached hydrogen (secondary N) is 1. The molecule has 0 aliphatic carbocycles. The molecule has 0 atom stereocenters. The topological polar surface area (TPSA) is 42.7 Å². The average molecular weight is 252 g/mol. The minimum Gasteiger partial charge on any atom is -0.373 e. The normalized spacial score (nSPS) is 10.9. The number of nitrogens with zero attached hydrogens (tertiary/aromatic N) is 3. The number of hydrogen-bond donors (Lipinski definition) is 1. The summed E-state index contributed by atoms with van der Waals surface area (Å²) >= 11 is 0. The van der Waals surface area contributed by atoms with Gasteiger partial charge < -0.3 is 5.32 Å². The van der Waals surface area contributed by atoms with Gasteiger partial charge in [-0.2, -0.15) is 5.10 Å². The maximum Gasteiger partial charge on any atom is 0.149 e. The molecule has 0 fully saturated rings. The highest BCUT2D eigenvalue weighted by Gasteiger charge is 2.11. The van der Waals surface area contributed by atoms with E-state index < -0.39 is 11.6 Å². The molecule has 0 saturated carbocycles. The van der Waals surface area contributed by atoms with Gasteiger partial charge in [0.25, 0.3) is 0 Å².